The van der Waals surface area contributed by atoms with Gasteiger partial charge < -0.3 is 19.6 Å². The standard InChI is InChI=1S/C11H18NO5P/c1-2-17-18(15,16)11(12-7-8-13)9-5-3-4-6-10(9)14/h3-6,11-14H,2,7-8H2,1H3,(H,15,16). The number of aliphatic hydroxyl groups excluding tert-OH is 1. The van der Waals surface area contributed by atoms with Crippen molar-refractivity contribution in [3.63, 3.8) is 0 Å². The zero-order valence-corrected chi connectivity index (χ0v) is 11.0. The molecule has 0 aromatic heterocycles. The van der Waals surface area contributed by atoms with E-state index in [2.05, 4.69) is 5.32 Å². The third-order valence-electron chi connectivity index (χ3n) is 2.32. The fraction of sp³-hybridized carbons (Fsp3) is 0.455. The molecule has 6 nitrogen and oxygen atoms in total. The van der Waals surface area contributed by atoms with Crippen LogP contribution in [0.3, 0.4) is 0 Å². The second-order valence-electron chi connectivity index (χ2n) is 3.62. The summed E-state index contributed by atoms with van der Waals surface area (Å²) in [4.78, 5) is 9.86. The van der Waals surface area contributed by atoms with Crippen molar-refractivity contribution >= 4 is 7.60 Å². The molecule has 1 aromatic rings. The van der Waals surface area contributed by atoms with Crippen LogP contribution in [-0.2, 0) is 9.09 Å². The number of para-hydroxylation sites is 1. The highest BCUT2D eigenvalue weighted by molar-refractivity contribution is 7.53. The Hall–Kier alpha value is -0.910. The Bertz CT molecular complexity index is 426. The molecule has 0 saturated heterocycles. The molecular formula is C11H18NO5P. The van der Waals surface area contributed by atoms with Crippen LogP contribution in [0.25, 0.3) is 0 Å². The van der Waals surface area contributed by atoms with E-state index in [4.69, 9.17) is 9.63 Å². The lowest BCUT2D eigenvalue weighted by molar-refractivity contribution is 0.249. The molecule has 2 unspecified atom stereocenters. The minimum atomic E-state index is -3.96. The lowest BCUT2D eigenvalue weighted by Crippen LogP contribution is -2.25. The van der Waals surface area contributed by atoms with Crippen LogP contribution in [0.15, 0.2) is 24.3 Å². The van der Waals surface area contributed by atoms with E-state index in [0.717, 1.165) is 0 Å². The summed E-state index contributed by atoms with van der Waals surface area (Å²) in [6.07, 6.45) is 0. The van der Waals surface area contributed by atoms with Gasteiger partial charge in [-0.3, -0.25) is 9.88 Å². The zero-order chi connectivity index (χ0) is 13.6. The van der Waals surface area contributed by atoms with E-state index in [1.807, 2.05) is 0 Å². The molecule has 18 heavy (non-hydrogen) atoms. The molecule has 0 aliphatic carbocycles. The number of rotatable bonds is 7. The first-order valence-corrected chi connectivity index (χ1v) is 7.26. The maximum Gasteiger partial charge on any atom is 0.349 e. The Labute approximate surface area is 106 Å². The lowest BCUT2D eigenvalue weighted by atomic mass is 10.2. The summed E-state index contributed by atoms with van der Waals surface area (Å²) in [6, 6.07) is 6.22. The molecule has 4 N–H and O–H groups in total. The van der Waals surface area contributed by atoms with Gasteiger partial charge in [0.25, 0.3) is 0 Å². The van der Waals surface area contributed by atoms with Crippen molar-refractivity contribution in [2.24, 2.45) is 0 Å². The molecule has 0 aliphatic rings. The van der Waals surface area contributed by atoms with Crippen LogP contribution in [-0.4, -0.2) is 34.9 Å². The van der Waals surface area contributed by atoms with Crippen molar-refractivity contribution < 1.29 is 24.2 Å². The first kappa shape index (κ1) is 15.1. The number of hydrogen-bond acceptors (Lipinski definition) is 5. The number of hydrogen-bond donors (Lipinski definition) is 4. The van der Waals surface area contributed by atoms with E-state index in [0.29, 0.717) is 0 Å². The van der Waals surface area contributed by atoms with Crippen molar-refractivity contribution in [1.82, 2.24) is 5.32 Å². The largest absolute Gasteiger partial charge is 0.508 e. The number of phenols is 1. The highest BCUT2D eigenvalue weighted by atomic mass is 31.2. The van der Waals surface area contributed by atoms with E-state index in [1.54, 1.807) is 19.1 Å². The summed E-state index contributed by atoms with van der Waals surface area (Å²) in [5, 5.41) is 21.2. The van der Waals surface area contributed by atoms with Crippen molar-refractivity contribution in [3.8, 4) is 5.75 Å². The van der Waals surface area contributed by atoms with E-state index in [1.165, 1.54) is 12.1 Å². The molecule has 1 aromatic carbocycles. The first-order valence-electron chi connectivity index (χ1n) is 5.62. The van der Waals surface area contributed by atoms with Crippen molar-refractivity contribution in [1.29, 1.82) is 0 Å². The minimum Gasteiger partial charge on any atom is -0.508 e. The molecular weight excluding hydrogens is 257 g/mol. The number of aliphatic hydroxyl groups is 1. The average molecular weight is 275 g/mol. The maximum absolute atomic E-state index is 12.1. The van der Waals surface area contributed by atoms with Crippen LogP contribution in [0.5, 0.6) is 5.75 Å². The highest BCUT2D eigenvalue weighted by Crippen LogP contribution is 2.56. The maximum atomic E-state index is 12.1. The predicted octanol–water partition coefficient (Wildman–Crippen LogP) is 1.19. The van der Waals surface area contributed by atoms with Gasteiger partial charge in [0.2, 0.25) is 0 Å². The topological polar surface area (TPSA) is 99.0 Å². The fourth-order valence-electron chi connectivity index (χ4n) is 1.58. The normalized spacial score (nSPS) is 16.2. The van der Waals surface area contributed by atoms with Crippen molar-refractivity contribution in [2.45, 2.75) is 12.7 Å². The van der Waals surface area contributed by atoms with Crippen LogP contribution in [0.4, 0.5) is 0 Å². The van der Waals surface area contributed by atoms with Crippen LogP contribution in [0.2, 0.25) is 0 Å². The minimum absolute atomic E-state index is 0.0820. The predicted molar refractivity (Wildman–Crippen MR) is 67.4 cm³/mol. The van der Waals surface area contributed by atoms with Gasteiger partial charge in [-0.05, 0) is 13.0 Å². The number of benzene rings is 1. The van der Waals surface area contributed by atoms with Crippen molar-refractivity contribution in [2.75, 3.05) is 19.8 Å². The third-order valence-corrected chi connectivity index (χ3v) is 4.06. The van der Waals surface area contributed by atoms with Gasteiger partial charge in [-0.1, -0.05) is 18.2 Å². The fourth-order valence-corrected chi connectivity index (χ4v) is 3.03. The summed E-state index contributed by atoms with van der Waals surface area (Å²) in [5.41, 5.74) is 0.269. The van der Waals surface area contributed by atoms with Gasteiger partial charge in [-0.15, -0.1) is 0 Å². The Morgan fingerprint density at radius 1 is 1.44 bits per heavy atom. The second kappa shape index (κ2) is 6.87. The van der Waals surface area contributed by atoms with Gasteiger partial charge in [-0.2, -0.15) is 0 Å². The van der Waals surface area contributed by atoms with Crippen LogP contribution < -0.4 is 5.32 Å². The molecule has 0 amide bonds. The van der Waals surface area contributed by atoms with E-state index >= 15 is 0 Å². The molecule has 102 valence electrons. The van der Waals surface area contributed by atoms with Gasteiger partial charge in [0.05, 0.1) is 13.2 Å². The summed E-state index contributed by atoms with van der Waals surface area (Å²) in [5.74, 6) is -1.16. The Kier molecular flexibility index (Phi) is 5.78. The number of aromatic hydroxyl groups is 1. The van der Waals surface area contributed by atoms with Crippen LogP contribution >= 0.6 is 7.60 Å². The monoisotopic (exact) mass is 275 g/mol. The average Bonchev–Trinajstić information content (AvgIpc) is 2.31. The van der Waals surface area contributed by atoms with Crippen LogP contribution in [0, 0.1) is 0 Å². The molecule has 0 fully saturated rings. The smallest absolute Gasteiger partial charge is 0.349 e. The zero-order valence-electron chi connectivity index (χ0n) is 10.1. The quantitative estimate of drug-likeness (QED) is 0.558. The van der Waals surface area contributed by atoms with Crippen LogP contribution in [0.1, 0.15) is 18.3 Å². The molecule has 0 radical (unpaired) electrons. The second-order valence-corrected chi connectivity index (χ2v) is 5.52. The third kappa shape index (κ3) is 3.80. The number of phenolic OH excluding ortho intramolecular Hbond substituents is 1. The highest BCUT2D eigenvalue weighted by Gasteiger charge is 2.34. The van der Waals surface area contributed by atoms with Crippen molar-refractivity contribution in [3.05, 3.63) is 29.8 Å². The molecule has 2 atom stereocenters. The molecule has 7 heteroatoms. The summed E-state index contributed by atoms with van der Waals surface area (Å²) in [7, 11) is -3.96. The van der Waals surface area contributed by atoms with Gasteiger partial charge in [0.1, 0.15) is 11.5 Å². The Morgan fingerprint density at radius 2 is 2.11 bits per heavy atom. The van der Waals surface area contributed by atoms with Gasteiger partial charge in [0, 0.05) is 12.1 Å². The molecule has 1 rings (SSSR count). The van der Waals surface area contributed by atoms with Gasteiger partial charge >= 0.3 is 7.60 Å². The Morgan fingerprint density at radius 3 is 2.67 bits per heavy atom. The Balaban J connectivity index is 3.05. The molecule has 0 heterocycles. The summed E-state index contributed by atoms with van der Waals surface area (Å²) >= 11 is 0. The number of nitrogens with one attached hydrogen (secondary N) is 1. The first-order chi connectivity index (χ1) is 8.53. The lowest BCUT2D eigenvalue weighted by Gasteiger charge is -2.24. The van der Waals surface area contributed by atoms with Gasteiger partial charge in [0.15, 0.2) is 0 Å². The SMILES string of the molecule is CCOP(=O)(O)C(NCCO)c1ccccc1O. The summed E-state index contributed by atoms with van der Waals surface area (Å²) < 4.78 is 16.9. The van der Waals surface area contributed by atoms with E-state index < -0.39 is 13.4 Å². The van der Waals surface area contributed by atoms with Gasteiger partial charge in [-0.25, -0.2) is 0 Å². The summed E-state index contributed by atoms with van der Waals surface area (Å²) in [6.45, 7) is 1.63. The molecule has 0 saturated carbocycles. The van der Waals surface area contributed by atoms with E-state index in [-0.39, 0.29) is 31.1 Å². The molecule has 0 spiro atoms. The molecule has 0 bridgehead atoms. The van der Waals surface area contributed by atoms with E-state index in [9.17, 15) is 14.6 Å². The molecule has 0 aliphatic heterocycles.